The molecular formula is C33H36N8O4. The van der Waals surface area contributed by atoms with E-state index < -0.39 is 5.54 Å². The van der Waals surface area contributed by atoms with Gasteiger partial charge in [0.1, 0.15) is 35.0 Å². The first-order valence-corrected chi connectivity index (χ1v) is 15.0. The third kappa shape index (κ3) is 5.80. The quantitative estimate of drug-likeness (QED) is 0.234. The lowest BCUT2D eigenvalue weighted by molar-refractivity contribution is -0.128. The van der Waals surface area contributed by atoms with Crippen LogP contribution < -0.4 is 16.2 Å². The zero-order valence-corrected chi connectivity index (χ0v) is 25.6. The van der Waals surface area contributed by atoms with E-state index in [4.69, 9.17) is 15.2 Å². The van der Waals surface area contributed by atoms with Crippen molar-refractivity contribution < 1.29 is 14.3 Å². The number of nitrogen functional groups attached to an aromatic ring is 1. The molecule has 0 unspecified atom stereocenters. The molecule has 6 rings (SSSR count). The smallest absolute Gasteiger partial charge is 0.335 e. The summed E-state index contributed by atoms with van der Waals surface area (Å²) in [4.78, 5) is 40.2. The fraction of sp³-hybridized carbons (Fsp3) is 0.364. The maximum absolute atomic E-state index is 14.1. The number of ether oxygens (including phenoxy) is 2. The number of aromatic nitrogens is 4. The summed E-state index contributed by atoms with van der Waals surface area (Å²) in [7, 11) is 1.97. The number of hydrogen-bond acceptors (Lipinski definition) is 9. The number of nitrogens with two attached hydrogens (primary N) is 1. The number of rotatable bonds is 8. The highest BCUT2D eigenvalue weighted by Crippen LogP contribution is 2.30. The van der Waals surface area contributed by atoms with Crippen LogP contribution in [0.1, 0.15) is 32.7 Å². The molecule has 2 aliphatic rings. The Hall–Kier alpha value is -4.99. The van der Waals surface area contributed by atoms with E-state index in [1.807, 2.05) is 51.2 Å². The molecule has 2 aromatic heterocycles. The van der Waals surface area contributed by atoms with Crippen LogP contribution in [-0.4, -0.2) is 79.7 Å². The molecule has 0 saturated carbocycles. The van der Waals surface area contributed by atoms with Crippen molar-refractivity contribution in [3.8, 4) is 23.3 Å². The van der Waals surface area contributed by atoms with Crippen LogP contribution in [0.3, 0.4) is 0 Å². The van der Waals surface area contributed by atoms with Gasteiger partial charge in [-0.1, -0.05) is 18.2 Å². The van der Waals surface area contributed by atoms with Crippen molar-refractivity contribution in [2.45, 2.75) is 44.3 Å². The van der Waals surface area contributed by atoms with Gasteiger partial charge in [0.2, 0.25) is 0 Å². The van der Waals surface area contributed by atoms with Crippen molar-refractivity contribution >= 4 is 22.9 Å². The van der Waals surface area contributed by atoms with Crippen molar-refractivity contribution in [2.75, 3.05) is 39.1 Å². The van der Waals surface area contributed by atoms with Crippen LogP contribution in [0, 0.1) is 11.3 Å². The number of anilines is 1. The Morgan fingerprint density at radius 3 is 2.51 bits per heavy atom. The number of fused-ring (bicyclic) bond motifs is 1. The summed E-state index contributed by atoms with van der Waals surface area (Å²) in [6.07, 6.45) is 4.37. The van der Waals surface area contributed by atoms with E-state index in [0.717, 1.165) is 0 Å². The summed E-state index contributed by atoms with van der Waals surface area (Å²) in [6.45, 7) is 5.94. The lowest BCUT2D eigenvalue weighted by Crippen LogP contribution is -2.55. The molecule has 0 radical (unpaired) electrons. The molecule has 12 nitrogen and oxygen atoms in total. The van der Waals surface area contributed by atoms with E-state index in [9.17, 15) is 14.9 Å². The second-order valence-electron chi connectivity index (χ2n) is 12.0. The second kappa shape index (κ2) is 12.2. The van der Waals surface area contributed by atoms with Gasteiger partial charge in [0.25, 0.3) is 5.91 Å². The number of imidazole rings is 1. The summed E-state index contributed by atoms with van der Waals surface area (Å²) >= 11 is 0. The molecule has 4 heterocycles. The zero-order chi connectivity index (χ0) is 31.7. The minimum atomic E-state index is -0.537. The molecule has 232 valence electrons. The van der Waals surface area contributed by atoms with E-state index in [1.165, 1.54) is 10.9 Å². The molecule has 2 aromatic carbocycles. The van der Waals surface area contributed by atoms with Gasteiger partial charge in [-0.3, -0.25) is 18.8 Å². The number of piperidine rings is 1. The van der Waals surface area contributed by atoms with Crippen LogP contribution in [0.4, 0.5) is 5.82 Å². The topological polar surface area (TPSA) is 145 Å². The Morgan fingerprint density at radius 1 is 1.13 bits per heavy atom. The summed E-state index contributed by atoms with van der Waals surface area (Å²) in [5.74, 6) is 1.13. The van der Waals surface area contributed by atoms with Gasteiger partial charge in [0.15, 0.2) is 11.5 Å². The number of carbonyl (C=O) groups excluding carboxylic acids is 1. The Balaban J connectivity index is 1.30. The van der Waals surface area contributed by atoms with Gasteiger partial charge in [-0.05, 0) is 76.2 Å². The first-order valence-electron chi connectivity index (χ1n) is 15.0. The van der Waals surface area contributed by atoms with Crippen molar-refractivity contribution in [1.82, 2.24) is 28.9 Å². The Morgan fingerprint density at radius 2 is 1.84 bits per heavy atom. The molecular weight excluding hydrogens is 572 g/mol. The number of amides is 1. The minimum Gasteiger partial charge on any atom is -0.457 e. The normalized spacial score (nSPS) is 17.7. The third-order valence-electron chi connectivity index (χ3n) is 8.73. The number of hydrogen-bond donors (Lipinski definition) is 1. The van der Waals surface area contributed by atoms with Crippen molar-refractivity contribution in [3.05, 3.63) is 83.1 Å². The van der Waals surface area contributed by atoms with E-state index in [-0.39, 0.29) is 41.6 Å². The number of nitrogens with zero attached hydrogens (tertiary/aromatic N) is 7. The van der Waals surface area contributed by atoms with Gasteiger partial charge in [-0.25, -0.2) is 14.8 Å². The molecule has 45 heavy (non-hydrogen) atoms. The standard InChI is InChI=1S/C33H36N8O4/c1-33(2,38(3)25-19-44-20-25)16-22(17-34)31(42)39-15-7-8-24(18-39)41-30-28(29(35)36-21-37-30)40(32(41)43)23-11-13-27(14-12-23)45-26-9-5-4-6-10-26/h4-6,9-14,16,21,24-25H,7-8,15,18-20H2,1-3H3,(H2,35,36,37)/t24-/m0/s1. The number of nitriles is 1. The highest BCUT2D eigenvalue weighted by Gasteiger charge is 2.35. The molecule has 2 N–H and O–H groups in total. The number of benzene rings is 2. The summed E-state index contributed by atoms with van der Waals surface area (Å²) in [6, 6.07) is 18.5. The van der Waals surface area contributed by atoms with Gasteiger partial charge in [-0.2, -0.15) is 5.26 Å². The lowest BCUT2D eigenvalue weighted by atomic mass is 9.96. The maximum atomic E-state index is 14.1. The summed E-state index contributed by atoms with van der Waals surface area (Å²) < 4.78 is 14.4. The van der Waals surface area contributed by atoms with Crippen molar-refractivity contribution in [2.24, 2.45) is 0 Å². The van der Waals surface area contributed by atoms with Gasteiger partial charge >= 0.3 is 5.69 Å². The van der Waals surface area contributed by atoms with Gasteiger partial charge in [0.05, 0.1) is 31.0 Å². The van der Waals surface area contributed by atoms with E-state index >= 15 is 0 Å². The molecule has 0 bridgehead atoms. The van der Waals surface area contributed by atoms with Crippen LogP contribution in [0.15, 0.2) is 77.4 Å². The third-order valence-corrected chi connectivity index (χ3v) is 8.73. The predicted molar refractivity (Wildman–Crippen MR) is 169 cm³/mol. The predicted octanol–water partition coefficient (Wildman–Crippen LogP) is 3.68. The maximum Gasteiger partial charge on any atom is 0.335 e. The average molecular weight is 609 g/mol. The van der Waals surface area contributed by atoms with Gasteiger partial charge in [-0.15, -0.1) is 0 Å². The molecule has 2 fully saturated rings. The molecule has 4 aromatic rings. The fourth-order valence-electron chi connectivity index (χ4n) is 5.96. The SMILES string of the molecule is CN(C1COC1)C(C)(C)C=C(C#N)C(=O)N1CCC[C@H](n2c(=O)n(-c3ccc(Oc4ccccc4)cc3)c3c(N)ncnc32)C1. The Bertz CT molecular complexity index is 1830. The van der Waals surface area contributed by atoms with Gasteiger partial charge < -0.3 is 20.1 Å². The number of likely N-dealkylation sites (N-methyl/N-ethyl adjacent to an activating group) is 1. The van der Waals surface area contributed by atoms with E-state index in [2.05, 4.69) is 20.9 Å². The molecule has 0 spiro atoms. The fourth-order valence-corrected chi connectivity index (χ4v) is 5.96. The monoisotopic (exact) mass is 608 g/mol. The minimum absolute atomic E-state index is 0.0758. The molecule has 12 heteroatoms. The highest BCUT2D eigenvalue weighted by molar-refractivity contribution is 5.97. The first kappa shape index (κ1) is 30.1. The van der Waals surface area contributed by atoms with Crippen LogP contribution in [0.2, 0.25) is 0 Å². The number of likely N-dealkylation sites (tertiary alicyclic amines) is 1. The number of carbonyl (C=O) groups is 1. The van der Waals surface area contributed by atoms with Crippen LogP contribution in [-0.2, 0) is 9.53 Å². The molecule has 2 aliphatic heterocycles. The summed E-state index contributed by atoms with van der Waals surface area (Å²) in [5.41, 5.74) is 6.88. The van der Waals surface area contributed by atoms with E-state index in [1.54, 1.807) is 39.8 Å². The van der Waals surface area contributed by atoms with Crippen LogP contribution in [0.25, 0.3) is 16.9 Å². The zero-order valence-electron chi connectivity index (χ0n) is 25.6. The Kier molecular flexibility index (Phi) is 8.14. The summed E-state index contributed by atoms with van der Waals surface area (Å²) in [5, 5.41) is 10.0. The van der Waals surface area contributed by atoms with E-state index in [0.29, 0.717) is 61.0 Å². The first-order chi connectivity index (χ1) is 21.7. The molecule has 1 amide bonds. The van der Waals surface area contributed by atoms with Crippen molar-refractivity contribution in [1.29, 1.82) is 5.26 Å². The highest BCUT2D eigenvalue weighted by atomic mass is 16.5. The Labute approximate surface area is 260 Å². The second-order valence-corrected chi connectivity index (χ2v) is 12.0. The van der Waals surface area contributed by atoms with Crippen molar-refractivity contribution in [3.63, 3.8) is 0 Å². The number of para-hydroxylation sites is 1. The largest absolute Gasteiger partial charge is 0.457 e. The molecule has 1 atom stereocenters. The average Bonchev–Trinajstić information content (AvgIpc) is 3.32. The van der Waals surface area contributed by atoms with Crippen LogP contribution in [0.5, 0.6) is 11.5 Å². The van der Waals surface area contributed by atoms with Crippen LogP contribution >= 0.6 is 0 Å². The van der Waals surface area contributed by atoms with Gasteiger partial charge in [0, 0.05) is 18.6 Å². The lowest BCUT2D eigenvalue weighted by Gasteiger charge is -2.43. The molecule has 0 aliphatic carbocycles. The molecule has 2 saturated heterocycles.